The highest BCUT2D eigenvalue weighted by molar-refractivity contribution is 6.05. The lowest BCUT2D eigenvalue weighted by Crippen LogP contribution is -2.25. The van der Waals surface area contributed by atoms with Gasteiger partial charge in [-0.3, -0.25) is 9.59 Å². The van der Waals surface area contributed by atoms with Crippen LogP contribution in [0.1, 0.15) is 43.1 Å². The van der Waals surface area contributed by atoms with Crippen molar-refractivity contribution in [3.63, 3.8) is 0 Å². The van der Waals surface area contributed by atoms with Crippen molar-refractivity contribution in [2.45, 2.75) is 27.7 Å². The minimum Gasteiger partial charge on any atom is -0.452 e. The summed E-state index contributed by atoms with van der Waals surface area (Å²) in [4.78, 5) is 37.6. The minimum absolute atomic E-state index is 0.0133. The van der Waals surface area contributed by atoms with E-state index in [2.05, 4.69) is 5.10 Å². The molecule has 0 aliphatic heterocycles. The Hall–Kier alpha value is -3.28. The lowest BCUT2D eigenvalue weighted by Gasteiger charge is -2.14. The van der Waals surface area contributed by atoms with Gasteiger partial charge in [0.05, 0.1) is 5.39 Å². The van der Waals surface area contributed by atoms with Crippen LogP contribution in [-0.4, -0.2) is 28.1 Å². The van der Waals surface area contributed by atoms with Gasteiger partial charge in [-0.25, -0.2) is 9.48 Å². The van der Waals surface area contributed by atoms with Gasteiger partial charge < -0.3 is 4.74 Å². The van der Waals surface area contributed by atoms with Crippen LogP contribution in [0.15, 0.2) is 35.1 Å². The number of ether oxygens (including phenoxy) is 1. The molecule has 0 fully saturated rings. The Kier molecular flexibility index (Phi) is 5.14. The molecule has 0 saturated heterocycles. The van der Waals surface area contributed by atoms with Crippen molar-refractivity contribution < 1.29 is 14.3 Å². The second-order valence-electron chi connectivity index (χ2n) is 6.96. The Labute approximate surface area is 162 Å². The smallest absolute Gasteiger partial charge is 0.359 e. The lowest BCUT2D eigenvalue weighted by atomic mass is 9.92. The molecule has 0 bridgehead atoms. The summed E-state index contributed by atoms with van der Waals surface area (Å²) in [5, 5.41) is 4.81. The fourth-order valence-corrected chi connectivity index (χ4v) is 3.36. The predicted molar refractivity (Wildman–Crippen MR) is 107 cm³/mol. The maximum Gasteiger partial charge on any atom is 0.359 e. The van der Waals surface area contributed by atoms with Crippen LogP contribution in [0.4, 0.5) is 0 Å². The Morgan fingerprint density at radius 1 is 1.00 bits per heavy atom. The van der Waals surface area contributed by atoms with Gasteiger partial charge in [0.1, 0.15) is 0 Å². The summed E-state index contributed by atoms with van der Waals surface area (Å²) in [6.07, 6.45) is 0. The summed E-state index contributed by atoms with van der Waals surface area (Å²) in [5.41, 5.74) is 4.10. The van der Waals surface area contributed by atoms with Gasteiger partial charge in [-0.15, -0.1) is 0 Å². The molecule has 0 aliphatic rings. The molecule has 28 heavy (non-hydrogen) atoms. The highest BCUT2D eigenvalue weighted by Gasteiger charge is 2.21. The first-order valence-electron chi connectivity index (χ1n) is 8.96. The monoisotopic (exact) mass is 378 g/mol. The molecule has 3 rings (SSSR count). The van der Waals surface area contributed by atoms with Crippen LogP contribution in [0.2, 0.25) is 0 Å². The summed E-state index contributed by atoms with van der Waals surface area (Å²) in [7, 11) is 1.47. The molecule has 3 aromatic rings. The van der Waals surface area contributed by atoms with Crippen LogP contribution >= 0.6 is 0 Å². The fourth-order valence-electron chi connectivity index (χ4n) is 3.36. The zero-order valence-electron chi connectivity index (χ0n) is 16.6. The van der Waals surface area contributed by atoms with Crippen molar-refractivity contribution >= 4 is 22.5 Å². The molecule has 1 aromatic heterocycles. The molecule has 144 valence electrons. The third-order valence-electron chi connectivity index (χ3n) is 5.13. The van der Waals surface area contributed by atoms with Crippen molar-refractivity contribution in [2.75, 3.05) is 6.61 Å². The lowest BCUT2D eigenvalue weighted by molar-refractivity contribution is 0.0468. The van der Waals surface area contributed by atoms with Crippen LogP contribution < -0.4 is 5.56 Å². The number of aryl methyl sites for hydroxylation is 3. The Bertz CT molecular complexity index is 1150. The van der Waals surface area contributed by atoms with Gasteiger partial charge in [0.2, 0.25) is 5.78 Å². The van der Waals surface area contributed by atoms with Crippen LogP contribution in [-0.2, 0) is 11.8 Å². The van der Waals surface area contributed by atoms with Gasteiger partial charge in [-0.2, -0.15) is 5.10 Å². The van der Waals surface area contributed by atoms with Crippen molar-refractivity contribution in [3.05, 3.63) is 74.2 Å². The maximum atomic E-state index is 12.8. The first-order chi connectivity index (χ1) is 13.2. The van der Waals surface area contributed by atoms with Gasteiger partial charge in [-0.1, -0.05) is 24.3 Å². The number of rotatable bonds is 4. The summed E-state index contributed by atoms with van der Waals surface area (Å²) >= 11 is 0. The largest absolute Gasteiger partial charge is 0.452 e. The zero-order valence-corrected chi connectivity index (χ0v) is 16.6. The number of carbonyl (C=O) groups excluding carboxylic acids is 2. The summed E-state index contributed by atoms with van der Waals surface area (Å²) in [6, 6.07) is 8.74. The molecular formula is C22H22N2O4. The number of esters is 1. The van der Waals surface area contributed by atoms with Crippen LogP contribution in [0, 0.1) is 27.7 Å². The molecule has 1 heterocycles. The number of aromatic nitrogens is 2. The van der Waals surface area contributed by atoms with Gasteiger partial charge >= 0.3 is 5.97 Å². The van der Waals surface area contributed by atoms with Crippen molar-refractivity contribution in [3.8, 4) is 0 Å². The third-order valence-corrected chi connectivity index (χ3v) is 5.13. The first-order valence-corrected chi connectivity index (χ1v) is 8.96. The molecule has 0 unspecified atom stereocenters. The van der Waals surface area contributed by atoms with E-state index in [0.29, 0.717) is 16.3 Å². The van der Waals surface area contributed by atoms with Crippen LogP contribution in [0.5, 0.6) is 0 Å². The SMILES string of the molecule is Cc1cc(C)c(C)c(C(=O)COC(=O)c2nn(C)c(=O)c3ccccc23)c1C. The van der Waals surface area contributed by atoms with E-state index < -0.39 is 5.97 Å². The summed E-state index contributed by atoms with van der Waals surface area (Å²) in [5.74, 6) is -0.996. The Balaban J connectivity index is 1.90. The number of hydrogen-bond acceptors (Lipinski definition) is 5. The number of hydrogen-bond donors (Lipinski definition) is 0. The normalized spacial score (nSPS) is 10.9. The molecule has 0 saturated carbocycles. The van der Waals surface area contributed by atoms with E-state index in [0.717, 1.165) is 26.9 Å². The average Bonchev–Trinajstić information content (AvgIpc) is 2.67. The van der Waals surface area contributed by atoms with Crippen molar-refractivity contribution in [2.24, 2.45) is 7.05 Å². The van der Waals surface area contributed by atoms with E-state index in [9.17, 15) is 14.4 Å². The molecule has 2 aromatic carbocycles. The molecule has 6 nitrogen and oxygen atoms in total. The van der Waals surface area contributed by atoms with E-state index in [-0.39, 0.29) is 23.6 Å². The van der Waals surface area contributed by atoms with Gasteiger partial charge in [-0.05, 0) is 56.0 Å². The van der Waals surface area contributed by atoms with E-state index in [4.69, 9.17) is 4.74 Å². The van der Waals surface area contributed by atoms with Gasteiger partial charge in [0.15, 0.2) is 12.3 Å². The molecular weight excluding hydrogens is 356 g/mol. The topological polar surface area (TPSA) is 78.3 Å². The summed E-state index contributed by atoms with van der Waals surface area (Å²) < 4.78 is 6.37. The number of ketones is 1. The highest BCUT2D eigenvalue weighted by Crippen LogP contribution is 2.22. The van der Waals surface area contributed by atoms with Crippen LogP contribution in [0.25, 0.3) is 10.8 Å². The second kappa shape index (κ2) is 7.38. The number of nitrogens with zero attached hydrogens (tertiary/aromatic N) is 2. The molecule has 0 atom stereocenters. The highest BCUT2D eigenvalue weighted by atomic mass is 16.5. The number of fused-ring (bicyclic) bond motifs is 1. The minimum atomic E-state index is -0.736. The Morgan fingerprint density at radius 3 is 2.18 bits per heavy atom. The molecule has 0 spiro atoms. The standard InChI is InChI=1S/C22H22N2O4/c1-12-10-13(2)15(4)19(14(12)3)18(25)11-28-22(27)20-16-8-6-7-9-17(16)21(26)24(5)23-20/h6-10H,11H2,1-5H3. The maximum absolute atomic E-state index is 12.8. The van der Waals surface area contributed by atoms with Gasteiger partial charge in [0, 0.05) is 18.0 Å². The molecule has 0 N–H and O–H groups in total. The second-order valence-corrected chi connectivity index (χ2v) is 6.96. The van der Waals surface area contributed by atoms with Crippen molar-refractivity contribution in [1.29, 1.82) is 0 Å². The quantitative estimate of drug-likeness (QED) is 0.515. The van der Waals surface area contributed by atoms with Gasteiger partial charge in [0.25, 0.3) is 5.56 Å². The predicted octanol–water partition coefficient (Wildman–Crippen LogP) is 3.21. The van der Waals surface area contributed by atoms with Crippen LogP contribution in [0.3, 0.4) is 0 Å². The molecule has 0 radical (unpaired) electrons. The molecule has 6 heteroatoms. The summed E-state index contributed by atoms with van der Waals surface area (Å²) in [6.45, 7) is 7.29. The van der Waals surface area contributed by atoms with E-state index in [1.807, 2.05) is 33.8 Å². The number of Topliss-reactive ketones (excluding diaryl/α,β-unsaturated/α-hetero) is 1. The van der Waals surface area contributed by atoms with E-state index >= 15 is 0 Å². The first kappa shape index (κ1) is 19.5. The third kappa shape index (κ3) is 3.33. The molecule has 0 amide bonds. The average molecular weight is 378 g/mol. The van der Waals surface area contributed by atoms with E-state index in [1.165, 1.54) is 7.05 Å². The molecule has 0 aliphatic carbocycles. The van der Waals surface area contributed by atoms with E-state index in [1.54, 1.807) is 24.3 Å². The fraction of sp³-hybridized carbons (Fsp3) is 0.273. The number of benzene rings is 2. The van der Waals surface area contributed by atoms with Crippen molar-refractivity contribution in [1.82, 2.24) is 9.78 Å². The zero-order chi connectivity index (χ0) is 20.6. The Morgan fingerprint density at radius 2 is 1.57 bits per heavy atom. The number of carbonyl (C=O) groups is 2.